The fourth-order valence-corrected chi connectivity index (χ4v) is 4.32. The smallest absolute Gasteiger partial charge is 0.163 e. The first-order valence-corrected chi connectivity index (χ1v) is 8.22. The van der Waals surface area contributed by atoms with Crippen molar-refractivity contribution in [3.05, 3.63) is 23.8 Å². The van der Waals surface area contributed by atoms with Gasteiger partial charge in [-0.25, -0.2) is 0 Å². The van der Waals surface area contributed by atoms with Gasteiger partial charge in [0, 0.05) is 18.4 Å². The quantitative estimate of drug-likeness (QED) is 0.792. The molecule has 21 heavy (non-hydrogen) atoms. The van der Waals surface area contributed by atoms with Crippen molar-refractivity contribution in [2.75, 3.05) is 13.2 Å². The zero-order chi connectivity index (χ0) is 14.2. The molecule has 3 atom stereocenters. The zero-order valence-electron chi connectivity index (χ0n) is 12.3. The van der Waals surface area contributed by atoms with E-state index in [1.807, 2.05) is 18.2 Å². The molecule has 2 saturated carbocycles. The molecule has 0 amide bonds. The second-order valence-corrected chi connectivity index (χ2v) is 6.77. The summed E-state index contributed by atoms with van der Waals surface area (Å²) in [7, 11) is 0. The van der Waals surface area contributed by atoms with Gasteiger partial charge in [0.2, 0.25) is 0 Å². The normalized spacial score (nSPS) is 30.2. The van der Waals surface area contributed by atoms with Crippen molar-refractivity contribution in [3.63, 3.8) is 0 Å². The summed E-state index contributed by atoms with van der Waals surface area (Å²) in [5.74, 6) is 4.08. The number of rotatable bonds is 3. The van der Waals surface area contributed by atoms with Crippen molar-refractivity contribution < 1.29 is 14.3 Å². The predicted molar refractivity (Wildman–Crippen MR) is 79.9 cm³/mol. The van der Waals surface area contributed by atoms with Crippen LogP contribution in [-0.2, 0) is 0 Å². The van der Waals surface area contributed by atoms with Crippen LogP contribution in [0.15, 0.2) is 18.2 Å². The van der Waals surface area contributed by atoms with Crippen LogP contribution in [0.5, 0.6) is 11.5 Å². The first kappa shape index (κ1) is 13.2. The Morgan fingerprint density at radius 1 is 1.10 bits per heavy atom. The number of benzene rings is 1. The van der Waals surface area contributed by atoms with Crippen LogP contribution in [0.2, 0.25) is 0 Å². The number of fused-ring (bicyclic) bond motifs is 3. The molecule has 1 aromatic carbocycles. The summed E-state index contributed by atoms with van der Waals surface area (Å²) in [6, 6.07) is 5.65. The van der Waals surface area contributed by atoms with Gasteiger partial charge in [0.25, 0.3) is 0 Å². The molecule has 0 spiro atoms. The lowest BCUT2D eigenvalue weighted by Gasteiger charge is -2.20. The van der Waals surface area contributed by atoms with E-state index in [2.05, 4.69) is 0 Å². The lowest BCUT2D eigenvalue weighted by molar-refractivity contribution is 0.0944. The molecule has 112 valence electrons. The summed E-state index contributed by atoms with van der Waals surface area (Å²) in [6.45, 7) is 1.35. The lowest BCUT2D eigenvalue weighted by Crippen LogP contribution is -2.15. The predicted octanol–water partition coefficient (Wildman–Crippen LogP) is 3.86. The van der Waals surface area contributed by atoms with Gasteiger partial charge in [-0.15, -0.1) is 0 Å². The van der Waals surface area contributed by atoms with Crippen molar-refractivity contribution in [1.29, 1.82) is 0 Å². The Morgan fingerprint density at radius 3 is 2.71 bits per heavy atom. The fraction of sp³-hybridized carbons (Fsp3) is 0.611. The molecule has 0 radical (unpaired) electrons. The topological polar surface area (TPSA) is 35.5 Å². The Balaban J connectivity index is 1.48. The minimum Gasteiger partial charge on any atom is -0.490 e. The number of carbonyl (C=O) groups excluding carboxylic acids is 1. The second kappa shape index (κ2) is 5.36. The molecule has 0 aromatic heterocycles. The van der Waals surface area contributed by atoms with Gasteiger partial charge < -0.3 is 9.47 Å². The maximum atomic E-state index is 12.6. The van der Waals surface area contributed by atoms with Gasteiger partial charge in [0.1, 0.15) is 0 Å². The third-order valence-electron chi connectivity index (χ3n) is 5.40. The van der Waals surface area contributed by atoms with Gasteiger partial charge in [-0.2, -0.15) is 0 Å². The van der Waals surface area contributed by atoms with Crippen molar-refractivity contribution in [2.45, 2.75) is 38.5 Å². The van der Waals surface area contributed by atoms with E-state index in [-0.39, 0.29) is 5.78 Å². The van der Waals surface area contributed by atoms with Crippen molar-refractivity contribution >= 4 is 5.78 Å². The summed E-state index contributed by atoms with van der Waals surface area (Å²) < 4.78 is 11.3. The Bertz CT molecular complexity index is 551. The Hall–Kier alpha value is -1.51. The Labute approximate surface area is 125 Å². The van der Waals surface area contributed by atoms with E-state index in [0.717, 1.165) is 35.3 Å². The number of ketones is 1. The fourth-order valence-electron chi connectivity index (χ4n) is 4.32. The van der Waals surface area contributed by atoms with Gasteiger partial charge in [-0.1, -0.05) is 6.42 Å². The van der Waals surface area contributed by atoms with E-state index in [9.17, 15) is 4.79 Å². The number of Topliss-reactive ketones (excluding diaryl/α,β-unsaturated/α-hetero) is 1. The standard InChI is InChI=1S/C18H22O3/c19-16(10-15-9-12-2-3-13(15)8-12)14-4-5-17-18(11-14)21-7-1-6-20-17/h4-5,11-13,15H,1-3,6-10H2. The monoisotopic (exact) mass is 286 g/mol. The molecular formula is C18H22O3. The molecule has 3 heteroatoms. The maximum absolute atomic E-state index is 12.6. The highest BCUT2D eigenvalue weighted by Gasteiger charge is 2.40. The van der Waals surface area contributed by atoms with Crippen molar-refractivity contribution in [2.24, 2.45) is 17.8 Å². The molecule has 2 aliphatic carbocycles. The number of ether oxygens (including phenoxy) is 2. The number of hydrogen-bond donors (Lipinski definition) is 0. The molecular weight excluding hydrogens is 264 g/mol. The average molecular weight is 286 g/mol. The van der Waals surface area contributed by atoms with Crippen molar-refractivity contribution in [1.82, 2.24) is 0 Å². The molecule has 4 rings (SSSR count). The highest BCUT2D eigenvalue weighted by molar-refractivity contribution is 5.96. The SMILES string of the molecule is O=C(CC1CC2CCC1C2)c1ccc2c(c1)OCCCO2. The maximum Gasteiger partial charge on any atom is 0.163 e. The van der Waals surface area contributed by atoms with Crippen LogP contribution in [0.4, 0.5) is 0 Å². The molecule has 0 saturated heterocycles. The summed E-state index contributed by atoms with van der Waals surface area (Å²) in [6.07, 6.45) is 6.95. The first-order chi connectivity index (χ1) is 10.3. The highest BCUT2D eigenvalue weighted by atomic mass is 16.5. The summed E-state index contributed by atoms with van der Waals surface area (Å²) in [4.78, 5) is 12.6. The number of hydrogen-bond acceptors (Lipinski definition) is 3. The summed E-state index contributed by atoms with van der Waals surface area (Å²) in [5, 5.41) is 0. The van der Waals surface area contributed by atoms with E-state index in [1.54, 1.807) is 0 Å². The summed E-state index contributed by atoms with van der Waals surface area (Å²) in [5.41, 5.74) is 0.780. The summed E-state index contributed by atoms with van der Waals surface area (Å²) >= 11 is 0. The van der Waals surface area contributed by atoms with Crippen LogP contribution < -0.4 is 9.47 Å². The van der Waals surface area contributed by atoms with Crippen LogP contribution in [0.1, 0.15) is 48.9 Å². The first-order valence-electron chi connectivity index (χ1n) is 8.22. The molecule has 3 aliphatic rings. The zero-order valence-corrected chi connectivity index (χ0v) is 12.3. The molecule has 1 aromatic rings. The third kappa shape index (κ3) is 2.54. The van der Waals surface area contributed by atoms with Gasteiger partial charge >= 0.3 is 0 Å². The van der Waals surface area contributed by atoms with E-state index in [1.165, 1.54) is 25.7 Å². The Kier molecular flexibility index (Phi) is 3.36. The molecule has 3 unspecified atom stereocenters. The van der Waals surface area contributed by atoms with E-state index < -0.39 is 0 Å². The van der Waals surface area contributed by atoms with Crippen LogP contribution >= 0.6 is 0 Å². The molecule has 2 bridgehead atoms. The van der Waals surface area contributed by atoms with E-state index >= 15 is 0 Å². The molecule has 3 nitrogen and oxygen atoms in total. The minimum absolute atomic E-state index is 0.267. The van der Waals surface area contributed by atoms with E-state index in [0.29, 0.717) is 25.6 Å². The van der Waals surface area contributed by atoms with Gasteiger partial charge in [0.05, 0.1) is 13.2 Å². The third-order valence-corrected chi connectivity index (χ3v) is 5.40. The average Bonchev–Trinajstić information content (AvgIpc) is 3.02. The second-order valence-electron chi connectivity index (χ2n) is 6.77. The number of carbonyl (C=O) groups is 1. The lowest BCUT2D eigenvalue weighted by atomic mass is 9.84. The molecule has 1 aliphatic heterocycles. The molecule has 0 N–H and O–H groups in total. The largest absolute Gasteiger partial charge is 0.490 e. The molecule has 1 heterocycles. The minimum atomic E-state index is 0.267. The van der Waals surface area contributed by atoms with Crippen LogP contribution in [0.3, 0.4) is 0 Å². The Morgan fingerprint density at radius 2 is 1.95 bits per heavy atom. The van der Waals surface area contributed by atoms with Crippen LogP contribution in [-0.4, -0.2) is 19.0 Å². The van der Waals surface area contributed by atoms with Crippen LogP contribution in [0, 0.1) is 17.8 Å². The van der Waals surface area contributed by atoms with Crippen molar-refractivity contribution in [3.8, 4) is 11.5 Å². The van der Waals surface area contributed by atoms with Gasteiger partial charge in [-0.05, 0) is 55.2 Å². The molecule has 2 fully saturated rings. The van der Waals surface area contributed by atoms with Gasteiger partial charge in [0.15, 0.2) is 17.3 Å². The van der Waals surface area contributed by atoms with Crippen LogP contribution in [0.25, 0.3) is 0 Å². The van der Waals surface area contributed by atoms with E-state index in [4.69, 9.17) is 9.47 Å². The van der Waals surface area contributed by atoms with Gasteiger partial charge in [-0.3, -0.25) is 4.79 Å². The highest BCUT2D eigenvalue weighted by Crippen LogP contribution is 2.49.